The number of nitrogens with two attached hydrogens (primary N) is 1. The van der Waals surface area contributed by atoms with Gasteiger partial charge in [-0.15, -0.1) is 0 Å². The van der Waals surface area contributed by atoms with Crippen LogP contribution in [0.4, 0.5) is 4.79 Å². The number of ether oxygens (including phenoxy) is 2. The third-order valence-electron chi connectivity index (χ3n) is 5.90. The molecule has 1 aromatic carbocycles. The van der Waals surface area contributed by atoms with Gasteiger partial charge < -0.3 is 20.5 Å². The van der Waals surface area contributed by atoms with Crippen LogP contribution in [0.1, 0.15) is 84.1 Å². The van der Waals surface area contributed by atoms with Gasteiger partial charge >= 0.3 is 12.1 Å². The average Bonchev–Trinajstić information content (AvgIpc) is 2.80. The highest BCUT2D eigenvalue weighted by Gasteiger charge is 2.18. The summed E-state index contributed by atoms with van der Waals surface area (Å²) < 4.78 is 10.1. The van der Waals surface area contributed by atoms with Crippen molar-refractivity contribution in [2.24, 2.45) is 17.6 Å². The number of unbranched alkanes of at least 4 members (excludes halogenated alkanes) is 6. The Kier molecular flexibility index (Phi) is 16.1. The molecule has 0 aliphatic carbocycles. The monoisotopic (exact) mass is 462 g/mol. The summed E-state index contributed by atoms with van der Waals surface area (Å²) in [6.45, 7) is 6.35. The summed E-state index contributed by atoms with van der Waals surface area (Å²) in [5.41, 5.74) is 7.88. The molecule has 0 fully saturated rings. The van der Waals surface area contributed by atoms with Crippen LogP contribution < -0.4 is 11.1 Å². The van der Waals surface area contributed by atoms with Crippen molar-refractivity contribution in [3.8, 4) is 0 Å². The predicted octanol–water partition coefficient (Wildman–Crippen LogP) is 5.63. The molecule has 0 saturated carbocycles. The van der Waals surface area contributed by atoms with Gasteiger partial charge in [-0.05, 0) is 30.7 Å². The maximum absolute atomic E-state index is 11.9. The van der Waals surface area contributed by atoms with Crippen molar-refractivity contribution in [3.63, 3.8) is 0 Å². The number of nitrogens with one attached hydrogen (secondary N) is 1. The summed E-state index contributed by atoms with van der Waals surface area (Å²) in [6, 6.07) is 10.5. The fourth-order valence-corrected chi connectivity index (χ4v) is 3.82. The second kappa shape index (κ2) is 18.4. The molecule has 33 heavy (non-hydrogen) atoms. The third kappa shape index (κ3) is 14.6. The van der Waals surface area contributed by atoms with E-state index in [-0.39, 0.29) is 31.1 Å². The lowest BCUT2D eigenvalue weighted by Gasteiger charge is -2.24. The molecule has 6 nitrogen and oxygen atoms in total. The maximum Gasteiger partial charge on any atom is 0.407 e. The number of alkyl carbamates (subject to hydrolysis) is 1. The molecule has 6 heteroatoms. The molecule has 1 rings (SSSR count). The molecular formula is C27H46N2O4. The highest BCUT2D eigenvalue weighted by atomic mass is 16.6. The highest BCUT2D eigenvalue weighted by Crippen LogP contribution is 2.21. The lowest BCUT2D eigenvalue weighted by molar-refractivity contribution is -0.148. The van der Waals surface area contributed by atoms with Crippen molar-refractivity contribution in [1.82, 2.24) is 5.32 Å². The summed E-state index contributed by atoms with van der Waals surface area (Å²) in [4.78, 5) is 23.3. The lowest BCUT2D eigenvalue weighted by atomic mass is 9.86. The van der Waals surface area contributed by atoms with Crippen LogP contribution in [0.25, 0.3) is 0 Å². The standard InChI is InChI=1S/C27H46N2O4/c1-4-5-6-7-8-9-13-16-24(21-23-14-11-10-12-15-23)25(28)17-18-29-27(31)33-20-19-32-26(30)22(2)3/h10-12,14-15,22,24-25H,4-9,13,16-21,28H2,1-3H3,(H,29,31). The Morgan fingerprint density at radius 1 is 0.909 bits per heavy atom. The first-order valence-corrected chi connectivity index (χ1v) is 12.8. The summed E-state index contributed by atoms with van der Waals surface area (Å²) >= 11 is 0. The Morgan fingerprint density at radius 2 is 1.55 bits per heavy atom. The number of carbonyl (C=O) groups is 2. The molecule has 0 heterocycles. The molecule has 0 saturated heterocycles. The van der Waals surface area contributed by atoms with E-state index in [0.717, 1.165) is 12.8 Å². The number of esters is 1. The van der Waals surface area contributed by atoms with Crippen LogP contribution in [0.3, 0.4) is 0 Å². The van der Waals surface area contributed by atoms with Crippen molar-refractivity contribution in [3.05, 3.63) is 35.9 Å². The fourth-order valence-electron chi connectivity index (χ4n) is 3.82. The first-order valence-electron chi connectivity index (χ1n) is 12.8. The van der Waals surface area contributed by atoms with Gasteiger partial charge in [0.05, 0.1) is 5.92 Å². The topological polar surface area (TPSA) is 90.7 Å². The molecule has 188 valence electrons. The molecule has 0 spiro atoms. The largest absolute Gasteiger partial charge is 0.462 e. The molecule has 0 aliphatic heterocycles. The molecule has 2 unspecified atom stereocenters. The second-order valence-corrected chi connectivity index (χ2v) is 9.20. The Hall–Kier alpha value is -2.08. The molecule has 0 aromatic heterocycles. The van der Waals surface area contributed by atoms with E-state index in [1.807, 2.05) is 6.07 Å². The van der Waals surface area contributed by atoms with Crippen molar-refractivity contribution >= 4 is 12.1 Å². The zero-order valence-corrected chi connectivity index (χ0v) is 21.0. The number of carbonyl (C=O) groups excluding carboxylic acids is 2. The minimum absolute atomic E-state index is 0.0117. The fraction of sp³-hybridized carbons (Fsp3) is 0.704. The zero-order chi connectivity index (χ0) is 24.3. The highest BCUT2D eigenvalue weighted by molar-refractivity contribution is 5.71. The van der Waals surface area contributed by atoms with Crippen LogP contribution in [-0.2, 0) is 20.7 Å². The number of hydrogen-bond donors (Lipinski definition) is 2. The average molecular weight is 463 g/mol. The van der Waals surface area contributed by atoms with E-state index in [1.165, 1.54) is 50.5 Å². The quantitative estimate of drug-likeness (QED) is 0.218. The van der Waals surface area contributed by atoms with E-state index in [9.17, 15) is 9.59 Å². The van der Waals surface area contributed by atoms with E-state index >= 15 is 0 Å². The van der Waals surface area contributed by atoms with E-state index in [1.54, 1.807) is 13.8 Å². The zero-order valence-electron chi connectivity index (χ0n) is 21.0. The van der Waals surface area contributed by atoms with Gasteiger partial charge in [0, 0.05) is 12.6 Å². The number of benzene rings is 1. The third-order valence-corrected chi connectivity index (χ3v) is 5.90. The first kappa shape index (κ1) is 29.0. The van der Waals surface area contributed by atoms with E-state index in [0.29, 0.717) is 18.9 Å². The molecular weight excluding hydrogens is 416 g/mol. The molecule has 1 amide bonds. The van der Waals surface area contributed by atoms with Crippen molar-refractivity contribution in [1.29, 1.82) is 0 Å². The Morgan fingerprint density at radius 3 is 2.21 bits per heavy atom. The smallest absolute Gasteiger partial charge is 0.407 e. The van der Waals surface area contributed by atoms with Gasteiger partial charge in [-0.1, -0.05) is 96.0 Å². The number of hydrogen-bond acceptors (Lipinski definition) is 5. The summed E-state index contributed by atoms with van der Waals surface area (Å²) in [6.07, 6.45) is 11.3. The Bertz CT molecular complexity index is 636. The van der Waals surface area contributed by atoms with Crippen LogP contribution in [0, 0.1) is 11.8 Å². The lowest BCUT2D eigenvalue weighted by Crippen LogP contribution is -2.36. The van der Waals surface area contributed by atoms with Gasteiger partial charge in [0.25, 0.3) is 0 Å². The summed E-state index contributed by atoms with van der Waals surface area (Å²) in [5.74, 6) is -0.100. The molecule has 2 atom stereocenters. The first-order chi connectivity index (χ1) is 15.9. The Balaban J connectivity index is 2.34. The van der Waals surface area contributed by atoms with Crippen LogP contribution >= 0.6 is 0 Å². The van der Waals surface area contributed by atoms with Gasteiger partial charge in [0.15, 0.2) is 0 Å². The van der Waals surface area contributed by atoms with Gasteiger partial charge in [0.2, 0.25) is 0 Å². The minimum Gasteiger partial charge on any atom is -0.462 e. The van der Waals surface area contributed by atoms with Gasteiger partial charge in [0.1, 0.15) is 13.2 Å². The van der Waals surface area contributed by atoms with Gasteiger partial charge in [-0.3, -0.25) is 4.79 Å². The van der Waals surface area contributed by atoms with E-state index < -0.39 is 6.09 Å². The molecule has 1 aromatic rings. The van der Waals surface area contributed by atoms with Gasteiger partial charge in [-0.25, -0.2) is 4.79 Å². The minimum atomic E-state index is -0.505. The predicted molar refractivity (Wildman–Crippen MR) is 134 cm³/mol. The summed E-state index contributed by atoms with van der Waals surface area (Å²) in [5, 5.41) is 2.76. The van der Waals surface area contributed by atoms with Gasteiger partial charge in [-0.2, -0.15) is 0 Å². The maximum atomic E-state index is 11.9. The number of amides is 1. The van der Waals surface area contributed by atoms with Crippen LogP contribution in [0.15, 0.2) is 30.3 Å². The Labute approximate surface area is 201 Å². The molecule has 0 aliphatic rings. The van der Waals surface area contributed by atoms with E-state index in [4.69, 9.17) is 15.2 Å². The normalized spacial score (nSPS) is 12.9. The second-order valence-electron chi connectivity index (χ2n) is 9.20. The summed E-state index contributed by atoms with van der Waals surface area (Å²) in [7, 11) is 0. The van der Waals surface area contributed by atoms with E-state index in [2.05, 4.69) is 36.5 Å². The number of rotatable bonds is 18. The van der Waals surface area contributed by atoms with Crippen molar-refractivity contribution in [2.45, 2.75) is 91.0 Å². The van der Waals surface area contributed by atoms with Crippen molar-refractivity contribution < 1.29 is 19.1 Å². The van der Waals surface area contributed by atoms with Crippen molar-refractivity contribution in [2.75, 3.05) is 19.8 Å². The molecule has 3 N–H and O–H groups in total. The van der Waals surface area contributed by atoms with Crippen LogP contribution in [0.2, 0.25) is 0 Å². The molecule has 0 bridgehead atoms. The SMILES string of the molecule is CCCCCCCCCC(Cc1ccccc1)C(N)CCNC(=O)OCCOC(=O)C(C)C. The molecule has 0 radical (unpaired) electrons. The van der Waals surface area contributed by atoms with Crippen LogP contribution in [-0.4, -0.2) is 37.9 Å². The van der Waals surface area contributed by atoms with Crippen LogP contribution in [0.5, 0.6) is 0 Å².